The Morgan fingerprint density at radius 2 is 2.33 bits per heavy atom. The van der Waals surface area contributed by atoms with Crippen LogP contribution in [0, 0.1) is 0 Å². The maximum Gasteiger partial charge on any atom is 0.0141 e. The second kappa shape index (κ2) is 3.54. The number of rotatable bonds is 4. The molecule has 0 aliphatic heterocycles. The molecule has 0 bridgehead atoms. The van der Waals surface area contributed by atoms with Gasteiger partial charge in [-0.05, 0) is 25.5 Å². The first kappa shape index (κ1) is 6.66. The lowest BCUT2D eigenvalue weighted by Gasteiger charge is -1.95. The summed E-state index contributed by atoms with van der Waals surface area (Å²) in [4.78, 5) is 0. The average molecular weight is 125 g/mol. The van der Waals surface area contributed by atoms with Crippen LogP contribution in [0.15, 0.2) is 11.8 Å². The quantitative estimate of drug-likeness (QED) is 0.567. The highest BCUT2D eigenvalue weighted by Crippen LogP contribution is 2.26. The molecule has 0 aromatic heterocycles. The van der Waals surface area contributed by atoms with E-state index in [1.807, 2.05) is 0 Å². The van der Waals surface area contributed by atoms with Gasteiger partial charge in [0, 0.05) is 6.54 Å². The van der Waals surface area contributed by atoms with Crippen LogP contribution >= 0.6 is 0 Å². The van der Waals surface area contributed by atoms with Gasteiger partial charge in [0.25, 0.3) is 0 Å². The molecule has 0 atom stereocenters. The first-order valence-electron chi connectivity index (χ1n) is 3.85. The predicted molar refractivity (Wildman–Crippen MR) is 40.2 cm³/mol. The van der Waals surface area contributed by atoms with Crippen LogP contribution in [0.1, 0.15) is 32.6 Å². The molecule has 0 amide bonds. The van der Waals surface area contributed by atoms with Gasteiger partial charge >= 0.3 is 0 Å². The molecule has 9 heavy (non-hydrogen) atoms. The van der Waals surface area contributed by atoms with Gasteiger partial charge in [0.1, 0.15) is 0 Å². The molecule has 0 aromatic rings. The van der Waals surface area contributed by atoms with E-state index in [1.165, 1.54) is 25.7 Å². The van der Waals surface area contributed by atoms with Crippen molar-refractivity contribution in [2.45, 2.75) is 32.6 Å². The maximum atomic E-state index is 3.29. The van der Waals surface area contributed by atoms with E-state index in [2.05, 4.69) is 18.4 Å². The molecule has 0 heterocycles. The van der Waals surface area contributed by atoms with Gasteiger partial charge in [-0.15, -0.1) is 0 Å². The summed E-state index contributed by atoms with van der Waals surface area (Å²) >= 11 is 0. The summed E-state index contributed by atoms with van der Waals surface area (Å²) < 4.78 is 0. The van der Waals surface area contributed by atoms with Gasteiger partial charge in [-0.3, -0.25) is 0 Å². The SMILES string of the molecule is CCCCNC=C1CC1. The van der Waals surface area contributed by atoms with Crippen LogP contribution in [0.3, 0.4) is 0 Å². The molecule has 1 aliphatic carbocycles. The second-order valence-corrected chi connectivity index (χ2v) is 2.61. The average Bonchev–Trinajstić information content (AvgIpc) is 2.63. The zero-order valence-corrected chi connectivity index (χ0v) is 6.11. The van der Waals surface area contributed by atoms with Gasteiger partial charge in [-0.2, -0.15) is 0 Å². The van der Waals surface area contributed by atoms with Crippen molar-refractivity contribution in [3.63, 3.8) is 0 Å². The van der Waals surface area contributed by atoms with Crippen molar-refractivity contribution in [2.24, 2.45) is 0 Å². The molecule has 0 saturated heterocycles. The third-order valence-electron chi connectivity index (χ3n) is 1.52. The van der Waals surface area contributed by atoms with Crippen molar-refractivity contribution in [1.82, 2.24) is 5.32 Å². The Morgan fingerprint density at radius 1 is 1.56 bits per heavy atom. The van der Waals surface area contributed by atoms with Crippen molar-refractivity contribution < 1.29 is 0 Å². The lowest BCUT2D eigenvalue weighted by atomic mass is 10.3. The molecule has 0 radical (unpaired) electrons. The lowest BCUT2D eigenvalue weighted by molar-refractivity contribution is 0.734. The van der Waals surface area contributed by atoms with E-state index < -0.39 is 0 Å². The highest BCUT2D eigenvalue weighted by Gasteiger charge is 2.08. The van der Waals surface area contributed by atoms with E-state index in [4.69, 9.17) is 0 Å². The van der Waals surface area contributed by atoms with E-state index in [0.29, 0.717) is 0 Å². The predicted octanol–water partition coefficient (Wildman–Crippen LogP) is 2.05. The number of nitrogens with one attached hydrogen (secondary N) is 1. The summed E-state index contributed by atoms with van der Waals surface area (Å²) in [6.45, 7) is 3.37. The number of hydrogen-bond donors (Lipinski definition) is 1. The first-order chi connectivity index (χ1) is 4.43. The molecule has 0 unspecified atom stereocenters. The fourth-order valence-corrected chi connectivity index (χ4v) is 0.712. The van der Waals surface area contributed by atoms with E-state index in [-0.39, 0.29) is 0 Å². The standard InChI is InChI=1S/C8H15N/c1-2-3-6-9-7-8-4-5-8/h7,9H,2-6H2,1H3. The number of unbranched alkanes of at least 4 members (excludes halogenated alkanes) is 1. The van der Waals surface area contributed by atoms with E-state index in [9.17, 15) is 0 Å². The topological polar surface area (TPSA) is 12.0 Å². The molecule has 0 spiro atoms. The summed E-state index contributed by atoms with van der Waals surface area (Å²) in [5.74, 6) is 0. The number of hydrogen-bond acceptors (Lipinski definition) is 1. The highest BCUT2D eigenvalue weighted by molar-refractivity contribution is 5.14. The Labute approximate surface area is 57.1 Å². The largest absolute Gasteiger partial charge is 0.391 e. The lowest BCUT2D eigenvalue weighted by Crippen LogP contribution is -2.05. The zero-order valence-electron chi connectivity index (χ0n) is 6.11. The van der Waals surface area contributed by atoms with Gasteiger partial charge in [-0.25, -0.2) is 0 Å². The summed E-state index contributed by atoms with van der Waals surface area (Å²) in [7, 11) is 0. The monoisotopic (exact) mass is 125 g/mol. The van der Waals surface area contributed by atoms with E-state index in [1.54, 1.807) is 5.57 Å². The molecule has 1 rings (SSSR count). The molecule has 1 N–H and O–H groups in total. The van der Waals surface area contributed by atoms with Gasteiger partial charge < -0.3 is 5.32 Å². The molecular weight excluding hydrogens is 110 g/mol. The van der Waals surface area contributed by atoms with Crippen molar-refractivity contribution in [3.05, 3.63) is 11.8 Å². The van der Waals surface area contributed by atoms with Crippen molar-refractivity contribution in [2.75, 3.05) is 6.54 Å². The fraction of sp³-hybridized carbons (Fsp3) is 0.750. The molecule has 1 heteroatoms. The fourth-order valence-electron chi connectivity index (χ4n) is 0.712. The van der Waals surface area contributed by atoms with Crippen molar-refractivity contribution >= 4 is 0 Å². The second-order valence-electron chi connectivity index (χ2n) is 2.61. The Kier molecular flexibility index (Phi) is 2.62. The van der Waals surface area contributed by atoms with Gasteiger partial charge in [0.05, 0.1) is 0 Å². The van der Waals surface area contributed by atoms with Crippen LogP contribution in [0.2, 0.25) is 0 Å². The zero-order chi connectivity index (χ0) is 6.53. The molecule has 1 nitrogen and oxygen atoms in total. The molecule has 1 aliphatic rings. The van der Waals surface area contributed by atoms with E-state index in [0.717, 1.165) is 6.54 Å². The third-order valence-corrected chi connectivity index (χ3v) is 1.52. The summed E-state index contributed by atoms with van der Waals surface area (Å²) in [5, 5.41) is 3.29. The van der Waals surface area contributed by atoms with Gasteiger partial charge in [0.2, 0.25) is 0 Å². The van der Waals surface area contributed by atoms with Crippen LogP contribution in [0.4, 0.5) is 0 Å². The van der Waals surface area contributed by atoms with Crippen LogP contribution in [-0.2, 0) is 0 Å². The van der Waals surface area contributed by atoms with Crippen LogP contribution < -0.4 is 5.32 Å². The van der Waals surface area contributed by atoms with Crippen molar-refractivity contribution in [1.29, 1.82) is 0 Å². The molecule has 1 fully saturated rings. The maximum absolute atomic E-state index is 3.29. The Morgan fingerprint density at radius 3 is 2.89 bits per heavy atom. The molecule has 52 valence electrons. The normalized spacial score (nSPS) is 15.4. The van der Waals surface area contributed by atoms with E-state index >= 15 is 0 Å². The van der Waals surface area contributed by atoms with Crippen LogP contribution in [0.5, 0.6) is 0 Å². The number of allylic oxidation sites excluding steroid dienone is 1. The Bertz CT molecular complexity index is 99.1. The highest BCUT2D eigenvalue weighted by atomic mass is 14.8. The van der Waals surface area contributed by atoms with Crippen LogP contribution in [-0.4, -0.2) is 6.54 Å². The van der Waals surface area contributed by atoms with Crippen molar-refractivity contribution in [3.8, 4) is 0 Å². The minimum Gasteiger partial charge on any atom is -0.391 e. The Hall–Kier alpha value is -0.460. The van der Waals surface area contributed by atoms with Gasteiger partial charge in [0.15, 0.2) is 0 Å². The smallest absolute Gasteiger partial charge is 0.0141 e. The minimum absolute atomic E-state index is 1.15. The minimum atomic E-state index is 1.15. The first-order valence-corrected chi connectivity index (χ1v) is 3.85. The third kappa shape index (κ3) is 3.17. The summed E-state index contributed by atoms with van der Waals surface area (Å²) in [5.41, 5.74) is 1.59. The molecular formula is C8H15N. The summed E-state index contributed by atoms with van der Waals surface area (Å²) in [6, 6.07) is 0. The molecule has 1 saturated carbocycles. The van der Waals surface area contributed by atoms with Crippen LogP contribution in [0.25, 0.3) is 0 Å². The summed E-state index contributed by atoms with van der Waals surface area (Å²) in [6.07, 6.45) is 7.42. The Balaban J connectivity index is 1.87. The molecule has 0 aromatic carbocycles. The van der Waals surface area contributed by atoms with Gasteiger partial charge in [-0.1, -0.05) is 18.9 Å².